The van der Waals surface area contributed by atoms with Gasteiger partial charge in [0.1, 0.15) is 23.1 Å². The third kappa shape index (κ3) is 9.79. The quantitative estimate of drug-likeness (QED) is 0.108. The molecule has 0 saturated carbocycles. The molecule has 182 valence electrons. The number of benzene rings is 2. The van der Waals surface area contributed by atoms with Gasteiger partial charge in [0.2, 0.25) is 0 Å². The second kappa shape index (κ2) is 14.9. The van der Waals surface area contributed by atoms with Crippen molar-refractivity contribution in [2.45, 2.75) is 12.8 Å². The number of halogens is 2. The Labute approximate surface area is 203 Å². The fourth-order valence-electron chi connectivity index (χ4n) is 2.65. The number of carbonyl (C=O) groups excluding carboxylic acids is 2. The smallest absolute Gasteiger partial charge is 0.269 e. The molecular formula is C22H24F2N4O4S2. The van der Waals surface area contributed by atoms with Crippen molar-refractivity contribution in [3.05, 3.63) is 71.3 Å². The molecule has 0 heterocycles. The van der Waals surface area contributed by atoms with Crippen LogP contribution < -0.4 is 10.6 Å². The number of oxime groups is 2. The van der Waals surface area contributed by atoms with Gasteiger partial charge in [0, 0.05) is 37.4 Å². The Balaban J connectivity index is 1.58. The maximum absolute atomic E-state index is 13.0. The first-order valence-corrected chi connectivity index (χ1v) is 12.6. The monoisotopic (exact) mass is 510 g/mol. The van der Waals surface area contributed by atoms with Gasteiger partial charge in [-0.15, -0.1) is 0 Å². The van der Waals surface area contributed by atoms with Crippen LogP contribution in [0.5, 0.6) is 0 Å². The van der Waals surface area contributed by atoms with Crippen LogP contribution in [0.1, 0.15) is 11.1 Å². The van der Waals surface area contributed by atoms with Gasteiger partial charge in [-0.25, -0.2) is 8.78 Å². The Kier molecular flexibility index (Phi) is 11.9. The normalized spacial score (nSPS) is 11.8. The van der Waals surface area contributed by atoms with Crippen molar-refractivity contribution in [1.82, 2.24) is 10.6 Å². The van der Waals surface area contributed by atoms with Crippen LogP contribution in [0.3, 0.4) is 0 Å². The molecule has 2 aromatic rings. The Hall–Kier alpha value is -3.12. The zero-order valence-electron chi connectivity index (χ0n) is 18.0. The van der Waals surface area contributed by atoms with Crippen LogP contribution in [0.25, 0.3) is 0 Å². The molecule has 0 radical (unpaired) electrons. The summed E-state index contributed by atoms with van der Waals surface area (Å²) in [6.07, 6.45) is 0.148. The van der Waals surface area contributed by atoms with Crippen LogP contribution in [0, 0.1) is 11.6 Å². The molecule has 0 aliphatic carbocycles. The predicted molar refractivity (Wildman–Crippen MR) is 130 cm³/mol. The fraction of sp³-hybridized carbons (Fsp3) is 0.273. The average molecular weight is 511 g/mol. The van der Waals surface area contributed by atoms with Crippen LogP contribution in [0.2, 0.25) is 0 Å². The van der Waals surface area contributed by atoms with Crippen LogP contribution >= 0.6 is 21.6 Å². The highest BCUT2D eigenvalue weighted by Crippen LogP contribution is 2.19. The first-order chi connectivity index (χ1) is 16.4. The lowest BCUT2D eigenvalue weighted by molar-refractivity contribution is -0.115. The lowest BCUT2D eigenvalue weighted by atomic mass is 10.1. The molecule has 12 heteroatoms. The SMILES string of the molecule is O=C(NCCSSCCNC(=O)C(Cc1ccc(F)cc1)=NO)C(Cc1ccc(F)cc1)=NO. The number of hydrogen-bond donors (Lipinski definition) is 4. The van der Waals surface area contributed by atoms with Gasteiger partial charge >= 0.3 is 0 Å². The first-order valence-electron chi connectivity index (χ1n) is 10.1. The summed E-state index contributed by atoms with van der Waals surface area (Å²) in [6.45, 7) is 0.675. The zero-order valence-corrected chi connectivity index (χ0v) is 19.7. The Bertz CT molecular complexity index is 921. The molecule has 0 bridgehead atoms. The van der Waals surface area contributed by atoms with Gasteiger partial charge in [-0.05, 0) is 35.4 Å². The Morgan fingerprint density at radius 2 is 1.06 bits per heavy atom. The lowest BCUT2D eigenvalue weighted by Crippen LogP contribution is -2.34. The number of amides is 2. The van der Waals surface area contributed by atoms with Gasteiger partial charge in [0.15, 0.2) is 0 Å². The lowest BCUT2D eigenvalue weighted by Gasteiger charge is -2.08. The van der Waals surface area contributed by atoms with Crippen LogP contribution in [-0.2, 0) is 22.4 Å². The maximum Gasteiger partial charge on any atom is 0.269 e. The highest BCUT2D eigenvalue weighted by Gasteiger charge is 2.14. The molecule has 0 aliphatic rings. The van der Waals surface area contributed by atoms with E-state index in [4.69, 9.17) is 10.4 Å². The molecule has 0 saturated heterocycles. The number of nitrogens with one attached hydrogen (secondary N) is 2. The number of hydrogen-bond acceptors (Lipinski definition) is 8. The van der Waals surface area contributed by atoms with E-state index < -0.39 is 23.4 Å². The third-order valence-corrected chi connectivity index (χ3v) is 6.77. The van der Waals surface area contributed by atoms with Crippen molar-refractivity contribution >= 4 is 44.8 Å². The van der Waals surface area contributed by atoms with Crippen molar-refractivity contribution in [2.24, 2.45) is 10.3 Å². The summed E-state index contributed by atoms with van der Waals surface area (Å²) in [5.74, 6) is -0.655. The summed E-state index contributed by atoms with van der Waals surface area (Å²) in [5, 5.41) is 29.5. The van der Waals surface area contributed by atoms with Crippen molar-refractivity contribution < 1.29 is 28.8 Å². The molecule has 0 spiro atoms. The molecule has 4 N–H and O–H groups in total. The molecule has 0 fully saturated rings. The summed E-state index contributed by atoms with van der Waals surface area (Å²) >= 11 is 0. The number of nitrogens with zero attached hydrogens (tertiary/aromatic N) is 2. The van der Waals surface area contributed by atoms with E-state index in [9.17, 15) is 18.4 Å². The van der Waals surface area contributed by atoms with Crippen molar-refractivity contribution in [3.63, 3.8) is 0 Å². The van der Waals surface area contributed by atoms with E-state index in [2.05, 4.69) is 20.9 Å². The molecule has 0 aromatic heterocycles. The van der Waals surface area contributed by atoms with Crippen molar-refractivity contribution in [2.75, 3.05) is 24.6 Å². The zero-order chi connectivity index (χ0) is 24.8. The molecule has 34 heavy (non-hydrogen) atoms. The highest BCUT2D eigenvalue weighted by molar-refractivity contribution is 8.76. The van der Waals surface area contributed by atoms with E-state index in [-0.39, 0.29) is 24.3 Å². The minimum Gasteiger partial charge on any atom is -0.410 e. The Morgan fingerprint density at radius 1 is 0.706 bits per heavy atom. The highest BCUT2D eigenvalue weighted by atomic mass is 33.1. The largest absolute Gasteiger partial charge is 0.410 e. The standard InChI is InChI=1S/C22H24F2N4O4S2/c23-17-5-1-15(2-6-17)13-19(27-31)21(29)25-9-11-33-34-12-10-26-22(30)20(28-32)14-16-3-7-18(24)8-4-16/h1-8,31-32H,9-14H2,(H,25,29)(H,26,30). The van der Waals surface area contributed by atoms with Crippen molar-refractivity contribution in [3.8, 4) is 0 Å². The molecule has 8 nitrogen and oxygen atoms in total. The number of rotatable bonds is 13. The van der Waals surface area contributed by atoms with Crippen LogP contribution in [-0.4, -0.2) is 58.2 Å². The van der Waals surface area contributed by atoms with Crippen LogP contribution in [0.4, 0.5) is 8.78 Å². The summed E-state index contributed by atoms with van der Waals surface area (Å²) in [5.41, 5.74) is 1.13. The van der Waals surface area contributed by atoms with E-state index in [1.807, 2.05) is 0 Å². The molecule has 2 rings (SSSR count). The fourth-order valence-corrected chi connectivity index (χ4v) is 4.46. The molecule has 0 aliphatic heterocycles. The van der Waals surface area contributed by atoms with E-state index >= 15 is 0 Å². The second-order valence-corrected chi connectivity index (χ2v) is 9.56. The summed E-state index contributed by atoms with van der Waals surface area (Å²) in [6, 6.07) is 11.1. The van der Waals surface area contributed by atoms with Crippen LogP contribution in [0.15, 0.2) is 58.8 Å². The van der Waals surface area contributed by atoms with Gasteiger partial charge < -0.3 is 21.0 Å². The van der Waals surface area contributed by atoms with Gasteiger partial charge in [0.25, 0.3) is 11.8 Å². The van der Waals surface area contributed by atoms with Gasteiger partial charge in [0.05, 0.1) is 0 Å². The maximum atomic E-state index is 13.0. The third-order valence-electron chi connectivity index (χ3n) is 4.36. The molecule has 0 atom stereocenters. The van der Waals surface area contributed by atoms with E-state index in [0.717, 1.165) is 0 Å². The molecular weight excluding hydrogens is 486 g/mol. The van der Waals surface area contributed by atoms with E-state index in [1.54, 1.807) is 0 Å². The van der Waals surface area contributed by atoms with E-state index in [0.29, 0.717) is 35.7 Å². The second-order valence-electron chi connectivity index (χ2n) is 6.86. The minimum atomic E-state index is -0.512. The minimum absolute atomic E-state index is 0.0739. The predicted octanol–water partition coefficient (Wildman–Crippen LogP) is 3.02. The molecule has 2 amide bonds. The number of carbonyl (C=O) groups is 2. The van der Waals surface area contributed by atoms with E-state index in [1.165, 1.54) is 70.1 Å². The first kappa shape index (κ1) is 27.1. The van der Waals surface area contributed by atoms with Gasteiger partial charge in [-0.2, -0.15) is 0 Å². The summed E-state index contributed by atoms with van der Waals surface area (Å²) in [4.78, 5) is 24.2. The average Bonchev–Trinajstić information content (AvgIpc) is 2.84. The topological polar surface area (TPSA) is 123 Å². The van der Waals surface area contributed by atoms with Gasteiger partial charge in [-0.3, -0.25) is 9.59 Å². The van der Waals surface area contributed by atoms with Gasteiger partial charge in [-0.1, -0.05) is 56.2 Å². The molecule has 0 unspecified atom stereocenters. The van der Waals surface area contributed by atoms with Crippen molar-refractivity contribution in [1.29, 1.82) is 0 Å². The summed E-state index contributed by atoms with van der Waals surface area (Å²) < 4.78 is 25.9. The summed E-state index contributed by atoms with van der Waals surface area (Å²) in [7, 11) is 2.96. The Morgan fingerprint density at radius 3 is 1.38 bits per heavy atom. The molecule has 2 aromatic carbocycles.